The topological polar surface area (TPSA) is 74.0 Å². The first kappa shape index (κ1) is 20.3. The number of phenolic OH excluding ortho intramolecular Hbond substituents is 1. The van der Waals surface area contributed by atoms with E-state index in [1.54, 1.807) is 19.4 Å². The van der Waals surface area contributed by atoms with E-state index in [9.17, 15) is 10.2 Å². The standard InChI is InChI=1S/C23H28N4O3/c1-25-10-9-24-23(25)22(29)19-5-3-4-6-20(19)27-13-11-26(12-14-27)16-17-7-8-18(30-2)15-21(17)28/h3-10,15,22,28-29H,11-14,16H2,1-2H3/t22-/m0/s1. The van der Waals surface area contributed by atoms with Gasteiger partial charge in [0.05, 0.1) is 7.11 Å². The van der Waals surface area contributed by atoms with Crippen LogP contribution in [0.15, 0.2) is 54.9 Å². The zero-order valence-corrected chi connectivity index (χ0v) is 17.4. The third-order valence-corrected chi connectivity index (χ3v) is 5.73. The molecule has 1 saturated heterocycles. The van der Waals surface area contributed by atoms with Crippen molar-refractivity contribution in [2.24, 2.45) is 7.05 Å². The Morgan fingerprint density at radius 1 is 1.10 bits per heavy atom. The molecule has 0 radical (unpaired) electrons. The van der Waals surface area contributed by atoms with Crippen LogP contribution in [0.4, 0.5) is 5.69 Å². The summed E-state index contributed by atoms with van der Waals surface area (Å²) in [6.45, 7) is 4.14. The van der Waals surface area contributed by atoms with Crippen molar-refractivity contribution in [2.75, 3.05) is 38.2 Å². The first-order valence-electron chi connectivity index (χ1n) is 10.1. The molecule has 1 atom stereocenters. The van der Waals surface area contributed by atoms with Crippen LogP contribution in [0.25, 0.3) is 0 Å². The van der Waals surface area contributed by atoms with Gasteiger partial charge in [-0.2, -0.15) is 0 Å². The van der Waals surface area contributed by atoms with Gasteiger partial charge in [0.15, 0.2) is 0 Å². The Bertz CT molecular complexity index is 996. The van der Waals surface area contributed by atoms with Crippen molar-refractivity contribution in [3.8, 4) is 11.5 Å². The van der Waals surface area contributed by atoms with Crippen molar-refractivity contribution in [2.45, 2.75) is 12.6 Å². The molecule has 0 amide bonds. The maximum atomic E-state index is 10.9. The molecule has 1 aromatic heterocycles. The summed E-state index contributed by atoms with van der Waals surface area (Å²) >= 11 is 0. The van der Waals surface area contributed by atoms with E-state index >= 15 is 0 Å². The van der Waals surface area contributed by atoms with Crippen LogP contribution < -0.4 is 9.64 Å². The molecule has 4 rings (SSSR count). The summed E-state index contributed by atoms with van der Waals surface area (Å²) in [6, 6.07) is 13.4. The maximum Gasteiger partial charge on any atom is 0.142 e. The number of aliphatic hydroxyl groups excluding tert-OH is 1. The second-order valence-electron chi connectivity index (χ2n) is 7.62. The van der Waals surface area contributed by atoms with Crippen molar-refractivity contribution in [3.63, 3.8) is 0 Å². The average Bonchev–Trinajstić information content (AvgIpc) is 3.21. The fourth-order valence-corrected chi connectivity index (χ4v) is 3.98. The van der Waals surface area contributed by atoms with Crippen LogP contribution in [0.2, 0.25) is 0 Å². The molecule has 0 aliphatic carbocycles. The molecule has 3 aromatic rings. The summed E-state index contributed by atoms with van der Waals surface area (Å²) in [5.74, 6) is 1.56. The van der Waals surface area contributed by atoms with Crippen LogP contribution in [0, 0.1) is 0 Å². The lowest BCUT2D eigenvalue weighted by Crippen LogP contribution is -2.46. The number of imidazole rings is 1. The molecule has 1 aliphatic heterocycles. The number of phenols is 1. The molecular weight excluding hydrogens is 380 g/mol. The number of aliphatic hydroxyl groups is 1. The van der Waals surface area contributed by atoms with Crippen LogP contribution in [0.5, 0.6) is 11.5 Å². The van der Waals surface area contributed by atoms with Crippen LogP contribution in [-0.2, 0) is 13.6 Å². The molecule has 7 nitrogen and oxygen atoms in total. The van der Waals surface area contributed by atoms with E-state index in [-0.39, 0.29) is 5.75 Å². The first-order valence-corrected chi connectivity index (χ1v) is 10.1. The number of anilines is 1. The smallest absolute Gasteiger partial charge is 0.142 e. The fourth-order valence-electron chi connectivity index (χ4n) is 3.98. The molecule has 1 aliphatic rings. The summed E-state index contributed by atoms with van der Waals surface area (Å²) in [6.07, 6.45) is 2.78. The Labute approximate surface area is 176 Å². The quantitative estimate of drug-likeness (QED) is 0.653. The number of methoxy groups -OCH3 is 1. The van der Waals surface area contributed by atoms with Gasteiger partial charge in [0.1, 0.15) is 23.4 Å². The van der Waals surface area contributed by atoms with Gasteiger partial charge in [-0.15, -0.1) is 0 Å². The van der Waals surface area contributed by atoms with Gasteiger partial charge in [0.2, 0.25) is 0 Å². The van der Waals surface area contributed by atoms with Gasteiger partial charge in [0, 0.05) is 75.0 Å². The molecular formula is C23H28N4O3. The van der Waals surface area contributed by atoms with Gasteiger partial charge < -0.3 is 24.4 Å². The van der Waals surface area contributed by atoms with Gasteiger partial charge in [0.25, 0.3) is 0 Å². The lowest BCUT2D eigenvalue weighted by Gasteiger charge is -2.37. The van der Waals surface area contributed by atoms with Crippen LogP contribution in [0.1, 0.15) is 23.1 Å². The predicted octanol–water partition coefficient (Wildman–Crippen LogP) is 2.54. The molecule has 158 valence electrons. The number of aryl methyl sites for hydroxylation is 1. The maximum absolute atomic E-state index is 10.9. The molecule has 1 fully saturated rings. The number of ether oxygens (including phenoxy) is 1. The third-order valence-electron chi connectivity index (χ3n) is 5.73. The summed E-state index contributed by atoms with van der Waals surface area (Å²) in [5, 5.41) is 21.2. The van der Waals surface area contributed by atoms with E-state index < -0.39 is 6.10 Å². The Balaban J connectivity index is 1.44. The molecule has 0 bridgehead atoms. The van der Waals surface area contributed by atoms with Gasteiger partial charge in [-0.05, 0) is 12.1 Å². The largest absolute Gasteiger partial charge is 0.507 e. The lowest BCUT2D eigenvalue weighted by molar-refractivity contribution is 0.205. The van der Waals surface area contributed by atoms with Crippen molar-refractivity contribution in [1.29, 1.82) is 0 Å². The molecule has 2 N–H and O–H groups in total. The number of piperazine rings is 1. The summed E-state index contributed by atoms with van der Waals surface area (Å²) in [7, 11) is 3.48. The molecule has 2 aromatic carbocycles. The predicted molar refractivity (Wildman–Crippen MR) is 116 cm³/mol. The number of rotatable bonds is 6. The molecule has 7 heteroatoms. The van der Waals surface area contributed by atoms with Gasteiger partial charge >= 0.3 is 0 Å². The van der Waals surface area contributed by atoms with Crippen LogP contribution in [-0.4, -0.2) is 58.0 Å². The fraction of sp³-hybridized carbons (Fsp3) is 0.348. The normalized spacial score (nSPS) is 15.9. The number of benzene rings is 2. The number of hydrogen-bond acceptors (Lipinski definition) is 6. The Morgan fingerprint density at radius 3 is 2.53 bits per heavy atom. The van der Waals surface area contributed by atoms with E-state index in [4.69, 9.17) is 4.74 Å². The number of para-hydroxylation sites is 1. The second kappa shape index (κ2) is 8.77. The Morgan fingerprint density at radius 2 is 1.87 bits per heavy atom. The van der Waals surface area contributed by atoms with E-state index in [1.807, 2.05) is 48.1 Å². The second-order valence-corrected chi connectivity index (χ2v) is 7.62. The number of hydrogen-bond donors (Lipinski definition) is 2. The zero-order valence-electron chi connectivity index (χ0n) is 17.4. The van der Waals surface area contributed by atoms with Crippen molar-refractivity contribution >= 4 is 5.69 Å². The van der Waals surface area contributed by atoms with Crippen molar-refractivity contribution < 1.29 is 14.9 Å². The van der Waals surface area contributed by atoms with Gasteiger partial charge in [-0.1, -0.05) is 24.3 Å². The monoisotopic (exact) mass is 408 g/mol. The molecule has 30 heavy (non-hydrogen) atoms. The minimum atomic E-state index is -0.768. The highest BCUT2D eigenvalue weighted by Gasteiger charge is 2.24. The number of aromatic nitrogens is 2. The van der Waals surface area contributed by atoms with E-state index in [2.05, 4.69) is 20.9 Å². The van der Waals surface area contributed by atoms with E-state index in [1.165, 1.54) is 0 Å². The van der Waals surface area contributed by atoms with Crippen LogP contribution in [0.3, 0.4) is 0 Å². The number of aromatic hydroxyl groups is 1. The van der Waals surface area contributed by atoms with Crippen LogP contribution >= 0.6 is 0 Å². The lowest BCUT2D eigenvalue weighted by atomic mass is 10.0. The SMILES string of the molecule is COc1ccc(CN2CCN(c3ccccc3[C@H](O)c3nccn3C)CC2)c(O)c1. The summed E-state index contributed by atoms with van der Waals surface area (Å²) in [5.41, 5.74) is 2.81. The summed E-state index contributed by atoms with van der Waals surface area (Å²) in [4.78, 5) is 8.95. The summed E-state index contributed by atoms with van der Waals surface area (Å²) < 4.78 is 7.01. The Kier molecular flexibility index (Phi) is 5.92. The zero-order chi connectivity index (χ0) is 21.1. The molecule has 0 spiro atoms. The van der Waals surface area contributed by atoms with Gasteiger partial charge in [-0.3, -0.25) is 4.90 Å². The average molecular weight is 409 g/mol. The Hall–Kier alpha value is -3.03. The minimum absolute atomic E-state index is 0.264. The van der Waals surface area contributed by atoms with Crippen molar-refractivity contribution in [1.82, 2.24) is 14.5 Å². The third kappa shape index (κ3) is 4.13. The minimum Gasteiger partial charge on any atom is -0.507 e. The first-order chi connectivity index (χ1) is 14.6. The molecule has 0 unspecified atom stereocenters. The van der Waals surface area contributed by atoms with E-state index in [0.717, 1.165) is 43.0 Å². The highest BCUT2D eigenvalue weighted by atomic mass is 16.5. The van der Waals surface area contributed by atoms with Gasteiger partial charge in [-0.25, -0.2) is 4.98 Å². The van der Waals surface area contributed by atoms with E-state index in [0.29, 0.717) is 18.1 Å². The highest BCUT2D eigenvalue weighted by molar-refractivity contribution is 5.56. The molecule has 2 heterocycles. The van der Waals surface area contributed by atoms with Crippen molar-refractivity contribution in [3.05, 3.63) is 71.8 Å². The number of nitrogens with zero attached hydrogens (tertiary/aromatic N) is 4. The molecule has 0 saturated carbocycles. The highest BCUT2D eigenvalue weighted by Crippen LogP contribution is 2.31.